The highest BCUT2D eigenvalue weighted by atomic mass is 28.4. The van der Waals surface area contributed by atoms with E-state index in [4.69, 9.17) is 8.85 Å². The second-order valence-electron chi connectivity index (χ2n) is 6.58. The molecule has 23 heavy (non-hydrogen) atoms. The summed E-state index contributed by atoms with van der Waals surface area (Å²) < 4.78 is 12.4. The van der Waals surface area contributed by atoms with Crippen molar-refractivity contribution in [3.8, 4) is 0 Å². The molecule has 0 rings (SSSR count). The molecule has 0 unspecified atom stereocenters. The topological polar surface area (TPSA) is 35.5 Å². The van der Waals surface area contributed by atoms with Crippen molar-refractivity contribution in [1.82, 2.24) is 0 Å². The van der Waals surface area contributed by atoms with Crippen LogP contribution in [-0.4, -0.2) is 35.6 Å². The summed E-state index contributed by atoms with van der Waals surface area (Å²) in [5.41, 5.74) is 0. The van der Waals surface area contributed by atoms with Gasteiger partial charge < -0.3 is 8.85 Å². The number of Topliss-reactive ketones (excluding diaryl/α,β-unsaturated/α-hetero) is 1. The van der Waals surface area contributed by atoms with E-state index in [-0.39, 0.29) is 0 Å². The Morgan fingerprint density at radius 3 is 1.43 bits per heavy atom. The second kappa shape index (κ2) is 12.4. The largest absolute Gasteiger partial charge is 0.417 e. The van der Waals surface area contributed by atoms with Gasteiger partial charge in [-0.2, -0.15) is 0 Å². The molecular weight excluding hydrogens is 320 g/mol. The average Bonchev–Trinajstić information content (AvgIpc) is 2.60. The van der Waals surface area contributed by atoms with Crippen LogP contribution in [0.2, 0.25) is 36.3 Å². The first-order chi connectivity index (χ1) is 11.0. The molecule has 0 heterocycles. The average molecular weight is 361 g/mol. The van der Waals surface area contributed by atoms with Gasteiger partial charge in [0.25, 0.3) is 0 Å². The highest BCUT2D eigenvalue weighted by molar-refractivity contribution is 6.73. The van der Waals surface area contributed by atoms with Gasteiger partial charge in [-0.25, -0.2) is 0 Å². The lowest BCUT2D eigenvalue weighted by Gasteiger charge is -2.28. The van der Waals surface area contributed by atoms with Crippen molar-refractivity contribution >= 4 is 22.4 Å². The summed E-state index contributed by atoms with van der Waals surface area (Å²) >= 11 is 0. The van der Waals surface area contributed by atoms with Crippen molar-refractivity contribution < 1.29 is 13.6 Å². The van der Waals surface area contributed by atoms with E-state index in [0.717, 1.165) is 31.2 Å². The van der Waals surface area contributed by atoms with Crippen molar-refractivity contribution in [2.45, 2.75) is 97.1 Å². The van der Waals surface area contributed by atoms with Gasteiger partial charge in [0.2, 0.25) is 0 Å². The van der Waals surface area contributed by atoms with E-state index in [1.807, 2.05) is 0 Å². The molecule has 0 saturated carbocycles. The molecule has 0 aromatic rings. The summed E-state index contributed by atoms with van der Waals surface area (Å²) in [7, 11) is -3.02. The van der Waals surface area contributed by atoms with Crippen molar-refractivity contribution in [2.24, 2.45) is 0 Å². The Labute approximate surface area is 146 Å². The van der Waals surface area contributed by atoms with Crippen molar-refractivity contribution in [3.05, 3.63) is 0 Å². The third kappa shape index (κ3) is 8.10. The maximum absolute atomic E-state index is 12.0. The number of rotatable bonds is 15. The third-order valence-corrected chi connectivity index (χ3v) is 15.0. The monoisotopic (exact) mass is 360 g/mol. The summed E-state index contributed by atoms with van der Waals surface area (Å²) in [6.07, 6.45) is 2.09. The first kappa shape index (κ1) is 23.0. The summed E-state index contributed by atoms with van der Waals surface area (Å²) in [5.74, 6) is 0.330. The molecule has 0 aromatic heterocycles. The van der Waals surface area contributed by atoms with Crippen LogP contribution in [0.15, 0.2) is 0 Å². The highest BCUT2D eigenvalue weighted by Crippen LogP contribution is 2.23. The normalized spacial score (nSPS) is 12.6. The van der Waals surface area contributed by atoms with Crippen LogP contribution in [0.3, 0.4) is 0 Å². The van der Waals surface area contributed by atoms with Gasteiger partial charge in [0, 0.05) is 26.1 Å². The van der Waals surface area contributed by atoms with Crippen LogP contribution >= 0.6 is 0 Å². The van der Waals surface area contributed by atoms with E-state index in [2.05, 4.69) is 41.5 Å². The number of carbonyl (C=O) groups excluding carboxylic acids is 1. The van der Waals surface area contributed by atoms with E-state index < -0.39 is 16.6 Å². The predicted molar refractivity (Wildman–Crippen MR) is 105 cm³/mol. The second-order valence-corrected chi connectivity index (χ2v) is 16.1. The lowest BCUT2D eigenvalue weighted by molar-refractivity contribution is -0.119. The molecule has 0 aliphatic rings. The Kier molecular flexibility index (Phi) is 12.4. The maximum atomic E-state index is 12.0. The van der Waals surface area contributed by atoms with Crippen molar-refractivity contribution in [2.75, 3.05) is 13.2 Å². The molecule has 138 valence electrons. The molecule has 0 spiro atoms. The summed E-state index contributed by atoms with van der Waals surface area (Å²) in [4.78, 5) is 12.0. The minimum absolute atomic E-state index is 0.330. The van der Waals surface area contributed by atoms with E-state index in [1.165, 1.54) is 18.1 Å². The molecule has 0 fully saturated rings. The molecule has 0 aliphatic carbocycles. The smallest absolute Gasteiger partial charge is 0.191 e. The molecule has 0 radical (unpaired) electrons. The molecule has 0 atom stereocenters. The van der Waals surface area contributed by atoms with Gasteiger partial charge >= 0.3 is 0 Å². The Morgan fingerprint density at radius 2 is 1.04 bits per heavy atom. The summed E-state index contributed by atoms with van der Waals surface area (Å²) in [6, 6.07) is 7.00. The molecule has 0 amide bonds. The van der Waals surface area contributed by atoms with Gasteiger partial charge in [0.1, 0.15) is 5.78 Å². The van der Waals surface area contributed by atoms with Crippen LogP contribution in [0.25, 0.3) is 0 Å². The lowest BCUT2D eigenvalue weighted by Crippen LogP contribution is -2.36. The van der Waals surface area contributed by atoms with Gasteiger partial charge in [-0.15, -0.1) is 0 Å². The highest BCUT2D eigenvalue weighted by Gasteiger charge is 2.29. The number of ketones is 1. The fourth-order valence-corrected chi connectivity index (χ4v) is 8.51. The first-order valence-corrected chi connectivity index (χ1v) is 14.8. The van der Waals surface area contributed by atoms with Crippen molar-refractivity contribution in [3.63, 3.8) is 0 Å². The molecule has 0 bridgehead atoms. The fraction of sp³-hybridized carbons (Fsp3) is 0.944. The van der Waals surface area contributed by atoms with Crippen molar-refractivity contribution in [1.29, 1.82) is 0 Å². The number of carbonyl (C=O) groups is 1. The minimum atomic E-state index is -1.53. The SMILES string of the molecule is CC[Si](CC)(CC)OCCCC(=O)CCO[Si](CC)(CC)CC. The van der Waals surface area contributed by atoms with Gasteiger partial charge in [0.05, 0.1) is 0 Å². The van der Waals surface area contributed by atoms with Crippen LogP contribution in [-0.2, 0) is 13.6 Å². The molecule has 0 saturated heterocycles. The third-order valence-electron chi connectivity index (χ3n) is 5.66. The minimum Gasteiger partial charge on any atom is -0.417 e. The Bertz CT molecular complexity index is 297. The van der Waals surface area contributed by atoms with Crippen LogP contribution in [0.4, 0.5) is 0 Å². The summed E-state index contributed by atoms with van der Waals surface area (Å²) in [6.45, 7) is 14.8. The van der Waals surface area contributed by atoms with Crippen LogP contribution < -0.4 is 0 Å². The number of hydrogen-bond donors (Lipinski definition) is 0. The molecule has 0 N–H and O–H groups in total. The van der Waals surface area contributed by atoms with E-state index in [9.17, 15) is 4.79 Å². The zero-order valence-electron chi connectivity index (χ0n) is 16.5. The van der Waals surface area contributed by atoms with Gasteiger partial charge in [-0.3, -0.25) is 4.79 Å². The van der Waals surface area contributed by atoms with Gasteiger partial charge in [-0.05, 0) is 42.7 Å². The Balaban J connectivity index is 3.96. The quantitative estimate of drug-likeness (QED) is 0.275. The Morgan fingerprint density at radius 1 is 0.652 bits per heavy atom. The lowest BCUT2D eigenvalue weighted by atomic mass is 10.2. The molecular formula is C18H40O3Si2. The fourth-order valence-electron chi connectivity index (χ4n) is 3.18. The van der Waals surface area contributed by atoms with E-state index in [0.29, 0.717) is 25.2 Å². The van der Waals surface area contributed by atoms with Crippen LogP contribution in [0, 0.1) is 0 Å². The maximum Gasteiger partial charge on any atom is 0.191 e. The molecule has 3 nitrogen and oxygen atoms in total. The summed E-state index contributed by atoms with van der Waals surface area (Å²) in [5, 5.41) is 0. The Hall–Kier alpha value is 0.0238. The zero-order chi connectivity index (χ0) is 17.8. The van der Waals surface area contributed by atoms with Gasteiger partial charge in [-0.1, -0.05) is 41.5 Å². The van der Waals surface area contributed by atoms with E-state index in [1.54, 1.807) is 0 Å². The van der Waals surface area contributed by atoms with Crippen LogP contribution in [0.5, 0.6) is 0 Å². The van der Waals surface area contributed by atoms with E-state index >= 15 is 0 Å². The molecule has 0 aromatic carbocycles. The van der Waals surface area contributed by atoms with Crippen LogP contribution in [0.1, 0.15) is 60.8 Å². The predicted octanol–water partition coefficient (Wildman–Crippen LogP) is 5.77. The molecule has 0 aliphatic heterocycles. The standard InChI is InChI=1S/C18H40O3Si2/c1-7-22(8-2,9-3)20-16-13-14-18(19)15-17-21-23(10-4,11-5)12-6/h7-17H2,1-6H3. The first-order valence-electron chi connectivity index (χ1n) is 9.76. The van der Waals surface area contributed by atoms with Gasteiger partial charge in [0.15, 0.2) is 16.6 Å². The zero-order valence-corrected chi connectivity index (χ0v) is 18.5. The number of hydrogen-bond acceptors (Lipinski definition) is 3. The molecule has 5 heteroatoms.